The molecule has 0 spiro atoms. The highest BCUT2D eigenvalue weighted by Gasteiger charge is 2.22. The van der Waals surface area contributed by atoms with Crippen LogP contribution < -0.4 is 19.7 Å². The summed E-state index contributed by atoms with van der Waals surface area (Å²) in [5.41, 5.74) is 4.25. The molecule has 8 heteroatoms. The molecule has 1 N–H and O–H groups in total. The van der Waals surface area contributed by atoms with E-state index < -0.39 is 0 Å². The van der Waals surface area contributed by atoms with E-state index in [0.717, 1.165) is 55.2 Å². The fourth-order valence-electron chi connectivity index (χ4n) is 4.60. The molecule has 0 bridgehead atoms. The molecule has 0 radical (unpaired) electrons. The first-order chi connectivity index (χ1) is 18.5. The fraction of sp³-hybridized carbons (Fsp3) is 0.333. The lowest BCUT2D eigenvalue weighted by molar-refractivity contribution is -0.120. The van der Waals surface area contributed by atoms with E-state index in [2.05, 4.69) is 10.2 Å². The molecule has 2 aliphatic rings. The van der Waals surface area contributed by atoms with Gasteiger partial charge in [0.15, 0.2) is 11.5 Å². The molecule has 8 nitrogen and oxygen atoms in total. The summed E-state index contributed by atoms with van der Waals surface area (Å²) in [4.78, 5) is 30.5. The summed E-state index contributed by atoms with van der Waals surface area (Å²) in [6, 6.07) is 21.0. The van der Waals surface area contributed by atoms with Gasteiger partial charge in [0.25, 0.3) is 5.91 Å². The molecule has 0 unspecified atom stereocenters. The number of benzene rings is 3. The Kier molecular flexibility index (Phi) is 8.21. The molecule has 0 atom stereocenters. The van der Waals surface area contributed by atoms with Crippen LogP contribution in [-0.4, -0.2) is 62.9 Å². The number of rotatable bonds is 9. The summed E-state index contributed by atoms with van der Waals surface area (Å²) < 4.78 is 16.3. The lowest BCUT2D eigenvalue weighted by atomic mass is 10.1. The van der Waals surface area contributed by atoms with E-state index in [1.165, 1.54) is 0 Å². The van der Waals surface area contributed by atoms with Gasteiger partial charge in [0.2, 0.25) is 12.7 Å². The van der Waals surface area contributed by atoms with Gasteiger partial charge < -0.3 is 24.4 Å². The number of aryl methyl sites for hydroxylation is 1. The Balaban J connectivity index is 1.31. The van der Waals surface area contributed by atoms with Crippen LogP contribution in [0.5, 0.6) is 11.5 Å². The maximum Gasteiger partial charge on any atom is 0.258 e. The highest BCUT2D eigenvalue weighted by Crippen LogP contribution is 2.33. The van der Waals surface area contributed by atoms with Crippen LogP contribution in [0.25, 0.3) is 0 Å². The summed E-state index contributed by atoms with van der Waals surface area (Å²) >= 11 is 0. The van der Waals surface area contributed by atoms with Crippen molar-refractivity contribution < 1.29 is 23.8 Å². The first-order valence-electron chi connectivity index (χ1n) is 13.0. The van der Waals surface area contributed by atoms with Crippen LogP contribution in [0.15, 0.2) is 66.7 Å². The molecule has 3 aromatic carbocycles. The number of amides is 2. The van der Waals surface area contributed by atoms with E-state index in [-0.39, 0.29) is 25.0 Å². The number of hydrogen-bond acceptors (Lipinski definition) is 6. The van der Waals surface area contributed by atoms with Crippen molar-refractivity contribution in [2.75, 3.05) is 51.1 Å². The van der Waals surface area contributed by atoms with Crippen LogP contribution in [-0.2, 0) is 22.5 Å². The standard InChI is InChI=1S/C30H33N3O5/c1-22-5-7-23(8-6-22)20-33(30(35)25-9-10-27-28(19-25)38-21-37-27)26-4-2-3-24(17-26)18-29(34)31-11-12-32-13-15-36-16-14-32/h2-10,17,19H,11-16,18,20-21H2,1H3,(H,31,34). The summed E-state index contributed by atoms with van der Waals surface area (Å²) in [6.07, 6.45) is 0.244. The van der Waals surface area contributed by atoms with Crippen LogP contribution in [0.2, 0.25) is 0 Å². The summed E-state index contributed by atoms with van der Waals surface area (Å²) in [6.45, 7) is 7.26. The molecule has 1 saturated heterocycles. The van der Waals surface area contributed by atoms with Crippen molar-refractivity contribution in [1.82, 2.24) is 10.2 Å². The minimum absolute atomic E-state index is 0.0393. The molecule has 38 heavy (non-hydrogen) atoms. The molecule has 0 aliphatic carbocycles. The molecule has 2 aliphatic heterocycles. The van der Waals surface area contributed by atoms with Gasteiger partial charge >= 0.3 is 0 Å². The average molecular weight is 516 g/mol. The number of carbonyl (C=O) groups excluding carboxylic acids is 2. The minimum Gasteiger partial charge on any atom is -0.454 e. The molecule has 2 heterocycles. The number of fused-ring (bicyclic) bond motifs is 1. The third-order valence-corrected chi connectivity index (χ3v) is 6.77. The minimum atomic E-state index is -0.156. The zero-order valence-corrected chi connectivity index (χ0v) is 21.7. The van der Waals surface area contributed by atoms with Crippen LogP contribution in [0.1, 0.15) is 27.0 Å². The number of hydrogen-bond donors (Lipinski definition) is 1. The van der Waals surface area contributed by atoms with E-state index in [9.17, 15) is 9.59 Å². The van der Waals surface area contributed by atoms with Crippen LogP contribution in [0, 0.1) is 6.92 Å². The fourth-order valence-corrected chi connectivity index (χ4v) is 4.60. The van der Waals surface area contributed by atoms with Crippen molar-refractivity contribution in [1.29, 1.82) is 0 Å². The molecular formula is C30H33N3O5. The Morgan fingerprint density at radius 1 is 0.921 bits per heavy atom. The molecule has 1 fully saturated rings. The molecule has 0 aromatic heterocycles. The van der Waals surface area contributed by atoms with Gasteiger partial charge in [-0.15, -0.1) is 0 Å². The van der Waals surface area contributed by atoms with Gasteiger partial charge in [-0.05, 0) is 48.4 Å². The molecular weight excluding hydrogens is 482 g/mol. The average Bonchev–Trinajstić information content (AvgIpc) is 3.41. The summed E-state index contributed by atoms with van der Waals surface area (Å²) in [7, 11) is 0. The second kappa shape index (κ2) is 12.1. The molecule has 3 aromatic rings. The maximum absolute atomic E-state index is 13.8. The van der Waals surface area contributed by atoms with E-state index in [4.69, 9.17) is 14.2 Å². The normalized spacial score (nSPS) is 14.8. The number of ether oxygens (including phenoxy) is 3. The summed E-state index contributed by atoms with van der Waals surface area (Å²) in [5.74, 6) is 1.00. The van der Waals surface area contributed by atoms with Gasteiger partial charge in [-0.1, -0.05) is 42.0 Å². The zero-order valence-electron chi connectivity index (χ0n) is 21.7. The van der Waals surface area contributed by atoms with Crippen molar-refractivity contribution in [3.05, 3.63) is 89.0 Å². The van der Waals surface area contributed by atoms with Crippen LogP contribution >= 0.6 is 0 Å². The van der Waals surface area contributed by atoms with Crippen molar-refractivity contribution in [3.63, 3.8) is 0 Å². The Morgan fingerprint density at radius 3 is 2.53 bits per heavy atom. The number of nitrogens with zero attached hydrogens (tertiary/aromatic N) is 2. The van der Waals surface area contributed by atoms with E-state index in [1.54, 1.807) is 23.1 Å². The lowest BCUT2D eigenvalue weighted by Gasteiger charge is -2.26. The SMILES string of the molecule is Cc1ccc(CN(C(=O)c2ccc3c(c2)OCO3)c2cccc(CC(=O)NCCN3CCOCC3)c2)cc1. The first kappa shape index (κ1) is 25.8. The van der Waals surface area contributed by atoms with Crippen molar-refractivity contribution in [3.8, 4) is 11.5 Å². The molecule has 198 valence electrons. The smallest absolute Gasteiger partial charge is 0.258 e. The van der Waals surface area contributed by atoms with Crippen LogP contribution in [0.3, 0.4) is 0 Å². The van der Waals surface area contributed by atoms with Gasteiger partial charge in [0.05, 0.1) is 26.2 Å². The van der Waals surface area contributed by atoms with Gasteiger partial charge in [-0.2, -0.15) is 0 Å². The Morgan fingerprint density at radius 2 is 1.71 bits per heavy atom. The van der Waals surface area contributed by atoms with Gasteiger partial charge in [-0.25, -0.2) is 0 Å². The zero-order chi connectivity index (χ0) is 26.3. The largest absolute Gasteiger partial charge is 0.454 e. The third-order valence-electron chi connectivity index (χ3n) is 6.77. The highest BCUT2D eigenvalue weighted by molar-refractivity contribution is 6.06. The molecule has 0 saturated carbocycles. The summed E-state index contributed by atoms with van der Waals surface area (Å²) in [5, 5.41) is 3.02. The number of morpholine rings is 1. The van der Waals surface area contributed by atoms with Crippen molar-refractivity contribution in [2.24, 2.45) is 0 Å². The number of carbonyl (C=O) groups is 2. The number of nitrogens with one attached hydrogen (secondary N) is 1. The van der Waals surface area contributed by atoms with E-state index >= 15 is 0 Å². The third kappa shape index (κ3) is 6.51. The predicted molar refractivity (Wildman–Crippen MR) is 145 cm³/mol. The first-order valence-corrected chi connectivity index (χ1v) is 13.0. The topological polar surface area (TPSA) is 80.3 Å². The molecule has 2 amide bonds. The van der Waals surface area contributed by atoms with Crippen molar-refractivity contribution >= 4 is 17.5 Å². The van der Waals surface area contributed by atoms with Gasteiger partial charge in [0, 0.05) is 37.4 Å². The second-order valence-corrected chi connectivity index (χ2v) is 9.60. The van der Waals surface area contributed by atoms with Gasteiger partial charge in [0.1, 0.15) is 0 Å². The highest BCUT2D eigenvalue weighted by atomic mass is 16.7. The maximum atomic E-state index is 13.8. The number of anilines is 1. The Bertz CT molecular complexity index is 1270. The van der Waals surface area contributed by atoms with Crippen LogP contribution in [0.4, 0.5) is 5.69 Å². The molecule has 5 rings (SSSR count). The second-order valence-electron chi connectivity index (χ2n) is 9.60. The predicted octanol–water partition coefficient (Wildman–Crippen LogP) is 3.56. The Labute approximate surface area is 223 Å². The van der Waals surface area contributed by atoms with Crippen molar-refractivity contribution in [2.45, 2.75) is 19.9 Å². The van der Waals surface area contributed by atoms with E-state index in [1.807, 2.05) is 55.5 Å². The monoisotopic (exact) mass is 515 g/mol. The Hall–Kier alpha value is -3.88. The quantitative estimate of drug-likeness (QED) is 0.470. The van der Waals surface area contributed by atoms with E-state index in [0.29, 0.717) is 30.2 Å². The lowest BCUT2D eigenvalue weighted by Crippen LogP contribution is -2.41. The van der Waals surface area contributed by atoms with Gasteiger partial charge in [-0.3, -0.25) is 14.5 Å².